The molecule has 10 heteroatoms. The second kappa shape index (κ2) is 7.94. The molecule has 1 unspecified atom stereocenters. The van der Waals surface area contributed by atoms with Crippen LogP contribution < -0.4 is 0 Å². The summed E-state index contributed by atoms with van der Waals surface area (Å²) in [5.41, 5.74) is 0. The fraction of sp³-hybridized carbons (Fsp3) is 0.500. The maximum atomic E-state index is 12.9. The van der Waals surface area contributed by atoms with Gasteiger partial charge in [-0.2, -0.15) is 4.31 Å². The fourth-order valence-electron chi connectivity index (χ4n) is 2.03. The van der Waals surface area contributed by atoms with Crippen molar-refractivity contribution in [2.75, 3.05) is 26.5 Å². The maximum Gasteiger partial charge on any atom is 0.309 e. The highest BCUT2D eigenvalue weighted by Gasteiger charge is 2.29. The van der Waals surface area contributed by atoms with Crippen molar-refractivity contribution in [1.82, 2.24) is 4.31 Å². The van der Waals surface area contributed by atoms with E-state index < -0.39 is 31.7 Å². The van der Waals surface area contributed by atoms with Crippen molar-refractivity contribution in [1.29, 1.82) is 0 Å². The number of esters is 1. The zero-order valence-electron chi connectivity index (χ0n) is 13.8. The number of benzene rings is 1. The minimum absolute atomic E-state index is 0.0684. The first-order chi connectivity index (χ1) is 10.9. The lowest BCUT2D eigenvalue weighted by molar-refractivity contribution is -0.145. The molecule has 0 aliphatic heterocycles. The predicted molar refractivity (Wildman–Crippen MR) is 92.9 cm³/mol. The highest BCUT2D eigenvalue weighted by molar-refractivity contribution is 9.10. The summed E-state index contributed by atoms with van der Waals surface area (Å²) < 4.78 is 55.1. The number of hydrogen-bond donors (Lipinski definition) is 0. The topological polar surface area (TPSA) is 97.8 Å². The van der Waals surface area contributed by atoms with E-state index in [-0.39, 0.29) is 27.4 Å². The Kier molecular flexibility index (Phi) is 6.97. The van der Waals surface area contributed by atoms with Gasteiger partial charge in [-0.3, -0.25) is 4.79 Å². The van der Waals surface area contributed by atoms with E-state index in [2.05, 4.69) is 20.7 Å². The number of hydrogen-bond acceptors (Lipinski definition) is 6. The van der Waals surface area contributed by atoms with Crippen LogP contribution in [0.4, 0.5) is 0 Å². The van der Waals surface area contributed by atoms with E-state index in [4.69, 9.17) is 0 Å². The van der Waals surface area contributed by atoms with Crippen molar-refractivity contribution in [3.8, 4) is 0 Å². The van der Waals surface area contributed by atoms with Crippen LogP contribution in [-0.4, -0.2) is 53.6 Å². The Labute approximate surface area is 151 Å². The van der Waals surface area contributed by atoms with Gasteiger partial charge in [0.05, 0.1) is 22.8 Å². The monoisotopic (exact) mass is 441 g/mol. The summed E-state index contributed by atoms with van der Waals surface area (Å²) in [6.45, 7) is 3.25. The molecule has 0 radical (unpaired) electrons. The highest BCUT2D eigenvalue weighted by atomic mass is 79.9. The molecule has 0 aromatic heterocycles. The van der Waals surface area contributed by atoms with E-state index in [1.807, 2.05) is 0 Å². The molecule has 0 fully saturated rings. The zero-order valence-corrected chi connectivity index (χ0v) is 17.0. The van der Waals surface area contributed by atoms with Gasteiger partial charge in [-0.15, -0.1) is 0 Å². The van der Waals surface area contributed by atoms with Gasteiger partial charge in [0, 0.05) is 23.8 Å². The number of sulfone groups is 1. The number of methoxy groups -OCH3 is 1. The number of halogens is 1. The summed E-state index contributed by atoms with van der Waals surface area (Å²) >= 11 is 3.15. The third kappa shape index (κ3) is 4.78. The molecule has 0 saturated heterocycles. The van der Waals surface area contributed by atoms with E-state index in [0.29, 0.717) is 0 Å². The number of ether oxygens (including phenoxy) is 1. The van der Waals surface area contributed by atoms with Crippen LogP contribution in [0.15, 0.2) is 32.5 Å². The van der Waals surface area contributed by atoms with Gasteiger partial charge in [-0.05, 0) is 34.1 Å². The van der Waals surface area contributed by atoms with Gasteiger partial charge in [0.2, 0.25) is 10.0 Å². The van der Waals surface area contributed by atoms with E-state index in [1.165, 1.54) is 19.2 Å². The number of rotatable bonds is 7. The lowest BCUT2D eigenvalue weighted by atomic mass is 10.2. The van der Waals surface area contributed by atoms with Crippen LogP contribution in [0.5, 0.6) is 0 Å². The lowest BCUT2D eigenvalue weighted by Gasteiger charge is -2.23. The highest BCUT2D eigenvalue weighted by Crippen LogP contribution is 2.28. The van der Waals surface area contributed by atoms with Crippen LogP contribution in [0.25, 0.3) is 0 Å². The summed E-state index contributed by atoms with van der Waals surface area (Å²) in [7, 11) is -6.31. The van der Waals surface area contributed by atoms with Crippen molar-refractivity contribution in [2.24, 2.45) is 5.92 Å². The number of carbonyl (C=O) groups excluding carboxylic acids is 1. The van der Waals surface area contributed by atoms with Crippen molar-refractivity contribution >= 4 is 41.8 Å². The molecule has 0 N–H and O–H groups in total. The quantitative estimate of drug-likeness (QED) is 0.596. The van der Waals surface area contributed by atoms with E-state index in [1.54, 1.807) is 13.8 Å². The van der Waals surface area contributed by atoms with Crippen LogP contribution in [-0.2, 0) is 29.4 Å². The first kappa shape index (κ1) is 21.1. The third-order valence-corrected chi connectivity index (χ3v) is 7.43. The Balaban J connectivity index is 3.34. The van der Waals surface area contributed by atoms with Crippen molar-refractivity contribution in [3.05, 3.63) is 22.7 Å². The summed E-state index contributed by atoms with van der Waals surface area (Å²) in [4.78, 5) is 11.3. The molecule has 0 bridgehead atoms. The Bertz CT molecular complexity index is 820. The van der Waals surface area contributed by atoms with Gasteiger partial charge in [0.1, 0.15) is 0 Å². The largest absolute Gasteiger partial charge is 0.469 e. The van der Waals surface area contributed by atoms with Crippen LogP contribution in [0, 0.1) is 5.92 Å². The molecule has 0 aliphatic carbocycles. The first-order valence-electron chi connectivity index (χ1n) is 7.02. The number of nitrogens with zero attached hydrogens (tertiary/aromatic N) is 1. The summed E-state index contributed by atoms with van der Waals surface area (Å²) in [6.07, 6.45) is 1.00. The molecular weight excluding hydrogens is 422 g/mol. The van der Waals surface area contributed by atoms with Gasteiger partial charge in [-0.1, -0.05) is 13.8 Å². The second-order valence-corrected chi connectivity index (χ2v) is 10.0. The summed E-state index contributed by atoms with van der Waals surface area (Å²) in [6, 6.07) is 3.81. The first-order valence-corrected chi connectivity index (χ1v) is 11.1. The molecule has 1 rings (SSSR count). The molecule has 1 atom stereocenters. The fourth-order valence-corrected chi connectivity index (χ4v) is 5.24. The molecule has 136 valence electrons. The van der Waals surface area contributed by atoms with Gasteiger partial charge < -0.3 is 4.74 Å². The number of sulfonamides is 1. The third-order valence-electron chi connectivity index (χ3n) is 3.38. The summed E-state index contributed by atoms with van der Waals surface area (Å²) in [5, 5.41) is 0. The SMILES string of the molecule is CCN(CC(C)C(=O)OC)S(=O)(=O)c1cc(S(C)(=O)=O)ccc1Br. The number of carbonyl (C=O) groups is 1. The predicted octanol–water partition coefficient (Wildman–Crippen LogP) is 1.67. The molecule has 1 aromatic rings. The van der Waals surface area contributed by atoms with Gasteiger partial charge in [0.15, 0.2) is 9.84 Å². The van der Waals surface area contributed by atoms with Crippen LogP contribution in [0.1, 0.15) is 13.8 Å². The Morgan fingerprint density at radius 2 is 1.88 bits per heavy atom. The van der Waals surface area contributed by atoms with Crippen molar-refractivity contribution < 1.29 is 26.4 Å². The second-order valence-electron chi connectivity index (χ2n) is 5.24. The minimum Gasteiger partial charge on any atom is -0.469 e. The molecule has 0 heterocycles. The van der Waals surface area contributed by atoms with E-state index in [0.717, 1.165) is 16.6 Å². The Morgan fingerprint density at radius 3 is 2.33 bits per heavy atom. The summed E-state index contributed by atoms with van der Waals surface area (Å²) in [5.74, 6) is -1.17. The molecule has 0 spiro atoms. The molecule has 0 aliphatic rings. The molecular formula is C14H20BrNO6S2. The van der Waals surface area contributed by atoms with E-state index >= 15 is 0 Å². The smallest absolute Gasteiger partial charge is 0.309 e. The van der Waals surface area contributed by atoms with Crippen molar-refractivity contribution in [3.63, 3.8) is 0 Å². The zero-order chi connectivity index (χ0) is 18.7. The Morgan fingerprint density at radius 1 is 1.29 bits per heavy atom. The van der Waals surface area contributed by atoms with Crippen LogP contribution in [0.2, 0.25) is 0 Å². The Hall–Kier alpha value is -0.970. The lowest BCUT2D eigenvalue weighted by Crippen LogP contribution is -2.37. The van der Waals surface area contributed by atoms with E-state index in [9.17, 15) is 21.6 Å². The van der Waals surface area contributed by atoms with Crippen LogP contribution >= 0.6 is 15.9 Å². The average molecular weight is 442 g/mol. The molecule has 0 amide bonds. The van der Waals surface area contributed by atoms with Crippen LogP contribution in [0.3, 0.4) is 0 Å². The normalized spacial score (nSPS) is 13.8. The molecule has 24 heavy (non-hydrogen) atoms. The maximum absolute atomic E-state index is 12.9. The molecule has 1 aromatic carbocycles. The van der Waals surface area contributed by atoms with Gasteiger partial charge in [0.25, 0.3) is 0 Å². The molecule has 7 nitrogen and oxygen atoms in total. The minimum atomic E-state index is -3.99. The average Bonchev–Trinajstić information content (AvgIpc) is 2.50. The van der Waals surface area contributed by atoms with Crippen molar-refractivity contribution in [2.45, 2.75) is 23.6 Å². The van der Waals surface area contributed by atoms with Gasteiger partial charge in [-0.25, -0.2) is 16.8 Å². The van der Waals surface area contributed by atoms with Gasteiger partial charge >= 0.3 is 5.97 Å². The molecule has 0 saturated carbocycles. The standard InChI is InChI=1S/C14H20BrNO6S2/c1-5-16(9-10(2)14(17)22-3)24(20,21)13-8-11(23(4,18)19)6-7-12(13)15/h6-8,10H,5,9H2,1-4H3.